The minimum Gasteiger partial charge on any atom is -0.176 e. The Hall–Kier alpha value is -2.11. The van der Waals surface area contributed by atoms with E-state index in [1.165, 1.54) is 109 Å². The van der Waals surface area contributed by atoms with E-state index in [2.05, 4.69) is 122 Å². The Balaban J connectivity index is 0.000000122. The third kappa shape index (κ3) is 6.17. The predicted octanol–water partition coefficient (Wildman–Crippen LogP) is 10.8. The number of fused-ring (bicyclic) bond motifs is 3. The maximum atomic E-state index is 3.54. The second-order valence-corrected chi connectivity index (χ2v) is 16.9. The largest absolute Gasteiger partial charge is 0.176 e. The van der Waals surface area contributed by atoms with Crippen molar-refractivity contribution < 1.29 is 24.2 Å². The first kappa shape index (κ1) is 31.9. The van der Waals surface area contributed by atoms with Crippen LogP contribution in [0.4, 0.5) is 0 Å². The van der Waals surface area contributed by atoms with Crippen molar-refractivity contribution in [2.75, 3.05) is 0 Å². The average molecular weight is 658 g/mol. The van der Waals surface area contributed by atoms with Gasteiger partial charge in [-0.1, -0.05) is 56.7 Å². The maximum absolute atomic E-state index is 3.54. The van der Waals surface area contributed by atoms with E-state index in [0.29, 0.717) is 11.3 Å². The minimum absolute atomic E-state index is 0.505. The van der Waals surface area contributed by atoms with Gasteiger partial charge in [0.05, 0.1) is 0 Å². The van der Waals surface area contributed by atoms with E-state index in [4.69, 9.17) is 0 Å². The summed E-state index contributed by atoms with van der Waals surface area (Å²) in [6.07, 6.45) is 17.0. The van der Waals surface area contributed by atoms with E-state index in [-0.39, 0.29) is 0 Å². The Morgan fingerprint density at radius 1 is 0.795 bits per heavy atom. The molecule has 4 fully saturated rings. The van der Waals surface area contributed by atoms with E-state index < -0.39 is 0 Å². The Labute approximate surface area is 282 Å². The van der Waals surface area contributed by atoms with E-state index in [0.717, 1.165) is 30.1 Å². The number of hydrogen-bond donors (Lipinski definition) is 0. The first-order chi connectivity index (χ1) is 20.9. The molecule has 3 aromatic carbocycles. The SMILES string of the molecule is CC1[C-]=CC(C2(C)C3CC4CC(C3)CC2C4)=C1.C[C](=[Zr+2])c1ccc(C)cc1.Cc1[c-]c2c(cc1C)-c1cc(C)c(C)cc1C2. The normalized spacial score (nSPS) is 28.4. The van der Waals surface area contributed by atoms with Crippen LogP contribution in [-0.2, 0) is 30.7 Å². The second kappa shape index (κ2) is 12.6. The fourth-order valence-electron chi connectivity index (χ4n) is 9.01. The molecule has 4 saturated carbocycles. The summed E-state index contributed by atoms with van der Waals surface area (Å²) in [4.78, 5) is 0. The molecule has 0 nitrogen and oxygen atoms in total. The van der Waals surface area contributed by atoms with E-state index in [1.807, 2.05) is 0 Å². The van der Waals surface area contributed by atoms with Crippen molar-refractivity contribution in [2.45, 2.75) is 93.9 Å². The molecule has 0 amide bonds. The predicted molar refractivity (Wildman–Crippen MR) is 184 cm³/mol. The second-order valence-electron chi connectivity index (χ2n) is 15.0. The van der Waals surface area contributed by atoms with Gasteiger partial charge in [-0.15, -0.1) is 11.1 Å². The third-order valence-corrected chi connectivity index (χ3v) is 12.6. The van der Waals surface area contributed by atoms with Crippen LogP contribution in [0.1, 0.15) is 97.4 Å². The van der Waals surface area contributed by atoms with Gasteiger partial charge in [-0.05, 0) is 92.7 Å². The molecule has 44 heavy (non-hydrogen) atoms. The zero-order chi connectivity index (χ0) is 31.3. The number of rotatable bonds is 2. The third-order valence-electron chi connectivity index (χ3n) is 11.9. The Morgan fingerprint density at radius 2 is 1.39 bits per heavy atom. The van der Waals surface area contributed by atoms with Crippen molar-refractivity contribution in [3.05, 3.63) is 117 Å². The minimum atomic E-state index is 0.505. The van der Waals surface area contributed by atoms with Crippen LogP contribution in [0.25, 0.3) is 11.1 Å². The van der Waals surface area contributed by atoms with Crippen molar-refractivity contribution in [3.8, 4) is 11.1 Å². The van der Waals surface area contributed by atoms with Crippen molar-refractivity contribution in [3.63, 3.8) is 0 Å². The van der Waals surface area contributed by atoms with Crippen molar-refractivity contribution in [1.29, 1.82) is 0 Å². The maximum Gasteiger partial charge on any atom is -0.0253 e. The van der Waals surface area contributed by atoms with Crippen LogP contribution in [0.3, 0.4) is 0 Å². The summed E-state index contributed by atoms with van der Waals surface area (Å²) in [5.41, 5.74) is 15.9. The molecular formula is C43H50Zr. The van der Waals surface area contributed by atoms with Gasteiger partial charge in [0.2, 0.25) is 0 Å². The summed E-state index contributed by atoms with van der Waals surface area (Å²) in [5.74, 6) is 4.68. The molecule has 1 unspecified atom stereocenters. The van der Waals surface area contributed by atoms with Crippen LogP contribution < -0.4 is 0 Å². The first-order valence-corrected chi connectivity index (χ1v) is 18.2. The van der Waals surface area contributed by atoms with Crippen LogP contribution in [0.5, 0.6) is 0 Å². The van der Waals surface area contributed by atoms with Crippen LogP contribution in [-0.4, -0.2) is 3.21 Å². The summed E-state index contributed by atoms with van der Waals surface area (Å²) in [6.45, 7) is 17.8. The van der Waals surface area contributed by atoms with Gasteiger partial charge in [-0.3, -0.25) is 6.08 Å². The molecule has 6 aliphatic rings. The summed E-state index contributed by atoms with van der Waals surface area (Å²) in [6, 6.07) is 19.2. The van der Waals surface area contributed by atoms with Gasteiger partial charge in [0, 0.05) is 0 Å². The molecule has 0 heterocycles. The standard InChI is InChI=1S/C17H23.C17H17.C9H10.Zr/c1-11-3-4-14(5-11)17(2)15-7-12-6-13(9-15)10-16(17)8-12;1-10-5-14-9-15-6-11(2)13(4)8-17(15)16(14)7-12(10)3;1-3-9-6-4-8(2)5-7-9;/h4-5,11-13,15-16H,6-10H2,1-2H3;5,7-8H,9H2,1-4H3;4-7H,1-2H3;/q2*-1;;+2. The Morgan fingerprint density at radius 3 is 1.95 bits per heavy atom. The number of hydrogen-bond acceptors (Lipinski definition) is 0. The summed E-state index contributed by atoms with van der Waals surface area (Å²) in [5, 5.41) is 0. The summed E-state index contributed by atoms with van der Waals surface area (Å²) < 4.78 is 1.46. The van der Waals surface area contributed by atoms with Crippen LogP contribution in [0.15, 0.2) is 60.2 Å². The average Bonchev–Trinajstić information content (AvgIpc) is 3.56. The molecule has 0 saturated heterocycles. The Kier molecular flexibility index (Phi) is 9.12. The molecular weight excluding hydrogens is 608 g/mol. The molecule has 0 radical (unpaired) electrons. The van der Waals surface area contributed by atoms with Gasteiger partial charge in [0.1, 0.15) is 0 Å². The van der Waals surface area contributed by atoms with Crippen LogP contribution in [0.2, 0.25) is 0 Å². The number of benzene rings is 3. The fourth-order valence-corrected chi connectivity index (χ4v) is 9.42. The molecule has 1 heteroatoms. The van der Waals surface area contributed by atoms with Crippen molar-refractivity contribution >= 4 is 3.21 Å². The summed E-state index contributed by atoms with van der Waals surface area (Å²) in [7, 11) is 0. The number of aryl methyl sites for hydroxylation is 5. The fraction of sp³-hybridized carbons (Fsp3) is 0.465. The van der Waals surface area contributed by atoms with Crippen LogP contribution >= 0.6 is 0 Å². The molecule has 0 N–H and O–H groups in total. The molecule has 1 atom stereocenters. The van der Waals surface area contributed by atoms with E-state index in [9.17, 15) is 0 Å². The van der Waals surface area contributed by atoms with Crippen LogP contribution in [0, 0.1) is 81.8 Å². The molecule has 4 bridgehead atoms. The van der Waals surface area contributed by atoms with Crippen molar-refractivity contribution in [1.82, 2.24) is 0 Å². The van der Waals surface area contributed by atoms with Gasteiger partial charge < -0.3 is 0 Å². The zero-order valence-corrected chi connectivity index (χ0v) is 30.8. The van der Waals surface area contributed by atoms with E-state index in [1.54, 1.807) is 12.0 Å². The van der Waals surface area contributed by atoms with Crippen molar-refractivity contribution in [2.24, 2.45) is 35.0 Å². The quantitative estimate of drug-likeness (QED) is 0.188. The molecule has 0 aliphatic heterocycles. The molecule has 3 aromatic rings. The zero-order valence-electron chi connectivity index (χ0n) is 28.3. The van der Waals surface area contributed by atoms with Gasteiger partial charge >= 0.3 is 76.7 Å². The van der Waals surface area contributed by atoms with Gasteiger partial charge in [-0.2, -0.15) is 34.9 Å². The first-order valence-electron chi connectivity index (χ1n) is 17.0. The van der Waals surface area contributed by atoms with Gasteiger partial charge in [0.25, 0.3) is 0 Å². The summed E-state index contributed by atoms with van der Waals surface area (Å²) >= 11 is 1.51. The Bertz CT molecular complexity index is 1540. The van der Waals surface area contributed by atoms with Gasteiger partial charge in [0.15, 0.2) is 0 Å². The molecule has 0 spiro atoms. The molecule has 9 rings (SSSR count). The topological polar surface area (TPSA) is 0 Å². The smallest absolute Gasteiger partial charge is 0.0253 e. The van der Waals surface area contributed by atoms with E-state index >= 15 is 0 Å². The molecule has 226 valence electrons. The number of allylic oxidation sites excluding steroid dienone is 4. The molecule has 6 aliphatic carbocycles. The van der Waals surface area contributed by atoms with Gasteiger partial charge in [-0.25, -0.2) is 6.08 Å². The molecule has 0 aromatic heterocycles. The monoisotopic (exact) mass is 656 g/mol.